The number of halogens is 2. The average molecular weight is 881 g/mol. The molecule has 0 saturated heterocycles. The van der Waals surface area contributed by atoms with E-state index in [-0.39, 0.29) is 5.57 Å². The van der Waals surface area contributed by atoms with Crippen molar-refractivity contribution in [1.29, 1.82) is 5.26 Å². The summed E-state index contributed by atoms with van der Waals surface area (Å²) in [5, 5.41) is 20.3. The third-order valence-corrected chi connectivity index (χ3v) is 13.0. The quantitative estimate of drug-likeness (QED) is 0.0502. The Hall–Kier alpha value is -7.36. The van der Waals surface area contributed by atoms with Crippen LogP contribution in [0.15, 0.2) is 148 Å². The first-order valence-electron chi connectivity index (χ1n) is 21.4. The topological polar surface area (TPSA) is 100 Å². The molecule has 12 heteroatoms. The Morgan fingerprint density at radius 1 is 0.769 bits per heavy atom. The zero-order valence-corrected chi connectivity index (χ0v) is 36.8. The highest BCUT2D eigenvalue weighted by Gasteiger charge is 2.32. The van der Waals surface area contributed by atoms with E-state index in [4.69, 9.17) is 14.5 Å². The lowest BCUT2D eigenvalue weighted by atomic mass is 9.93. The molecule has 322 valence electrons. The minimum Gasteiger partial charge on any atom is -0.496 e. The van der Waals surface area contributed by atoms with Gasteiger partial charge in [0, 0.05) is 55.1 Å². The van der Waals surface area contributed by atoms with E-state index in [0.717, 1.165) is 85.7 Å². The number of para-hydroxylation sites is 2. The largest absolute Gasteiger partial charge is 0.678 e. The van der Waals surface area contributed by atoms with Crippen LogP contribution in [0.25, 0.3) is 51.0 Å². The molecule has 8 nitrogen and oxygen atoms in total. The van der Waals surface area contributed by atoms with E-state index < -0.39 is 13.4 Å². The van der Waals surface area contributed by atoms with Gasteiger partial charge in [0.15, 0.2) is 0 Å². The molecule has 2 aliphatic rings. The van der Waals surface area contributed by atoms with Crippen molar-refractivity contribution in [2.45, 2.75) is 42.4 Å². The number of aliphatic carboxylic acids is 1. The SMILES string of the molecule is CCCCCCN1c2ccc(/C=C(/C#N)C(=O)O)cc2Sc2cc(-c3ccc4c(c3)C(c3ccccc3OC)=N/C4=C\c3c4ccccc4c(-c4ccccc4OC)n3B(F)F)ccc21. The summed E-state index contributed by atoms with van der Waals surface area (Å²) >= 11 is 1.61. The Bertz CT molecular complexity index is 3150. The number of hydrogen-bond acceptors (Lipinski definition) is 7. The normalized spacial score (nSPS) is 13.5. The molecule has 3 heterocycles. The number of methoxy groups -OCH3 is 2. The van der Waals surface area contributed by atoms with Gasteiger partial charge in [-0.25, -0.2) is 9.79 Å². The molecule has 65 heavy (non-hydrogen) atoms. The number of fused-ring (bicyclic) bond motifs is 4. The van der Waals surface area contributed by atoms with Crippen LogP contribution in [0.3, 0.4) is 0 Å². The van der Waals surface area contributed by atoms with E-state index in [1.54, 1.807) is 43.1 Å². The second kappa shape index (κ2) is 18.4. The molecule has 0 amide bonds. The maximum atomic E-state index is 15.5. The number of nitriles is 1. The highest BCUT2D eigenvalue weighted by molar-refractivity contribution is 7.99. The summed E-state index contributed by atoms with van der Waals surface area (Å²) in [6.45, 7) is 3.00. The Kier molecular flexibility index (Phi) is 12.1. The van der Waals surface area contributed by atoms with Gasteiger partial charge in [0.1, 0.15) is 23.1 Å². The van der Waals surface area contributed by atoms with Gasteiger partial charge in [-0.05, 0) is 89.9 Å². The van der Waals surface area contributed by atoms with Crippen molar-refractivity contribution in [1.82, 2.24) is 4.48 Å². The Morgan fingerprint density at radius 2 is 1.42 bits per heavy atom. The second-order valence-corrected chi connectivity index (χ2v) is 16.9. The average Bonchev–Trinajstić information content (AvgIpc) is 3.86. The van der Waals surface area contributed by atoms with E-state index in [9.17, 15) is 15.2 Å². The first kappa shape index (κ1) is 42.9. The first-order valence-corrected chi connectivity index (χ1v) is 22.3. The first-order chi connectivity index (χ1) is 31.7. The van der Waals surface area contributed by atoms with Gasteiger partial charge in [-0.15, -0.1) is 0 Å². The summed E-state index contributed by atoms with van der Waals surface area (Å²) in [4.78, 5) is 21.2. The summed E-state index contributed by atoms with van der Waals surface area (Å²) in [5.41, 5.74) is 9.15. The molecule has 0 atom stereocenters. The zero-order valence-electron chi connectivity index (χ0n) is 36.0. The van der Waals surface area contributed by atoms with Crippen LogP contribution < -0.4 is 14.4 Å². The second-order valence-electron chi connectivity index (χ2n) is 15.8. The minimum atomic E-state index is -2.88. The molecule has 2 aliphatic heterocycles. The minimum absolute atomic E-state index is 0.322. The number of anilines is 2. The van der Waals surface area contributed by atoms with Gasteiger partial charge in [0.05, 0.1) is 42.7 Å². The van der Waals surface area contributed by atoms with Crippen LogP contribution in [0.1, 0.15) is 60.6 Å². The fraction of sp³-hybridized carbons (Fsp3) is 0.151. The number of aliphatic imine (C=N–C) groups is 1. The molecule has 0 radical (unpaired) electrons. The highest BCUT2D eigenvalue weighted by Crippen LogP contribution is 2.50. The number of nitrogens with zero attached hydrogens (tertiary/aromatic N) is 4. The smallest absolute Gasteiger partial charge is 0.496 e. The summed E-state index contributed by atoms with van der Waals surface area (Å²) < 4.78 is 43.6. The monoisotopic (exact) mass is 880 g/mol. The standard InChI is InChI=1S/C53H43BF2N4O4S/c1-4-5-6-13-26-59-44-24-20-33(27-36(32-57)53(61)62)28-49(44)65-50-30-35(22-25-45(50)59)34-21-23-37-42(29-34)51(40-16-9-11-18-47(40)63-2)58-43(37)31-46-38-14-7-8-15-39(38)52(60(46)54(55)56)41-17-10-12-19-48(41)64-3/h7-12,14-25,27-31H,4-6,13,26H2,1-3H3,(H,61,62)/b36-27-,43-31-. The van der Waals surface area contributed by atoms with Crippen LogP contribution in [-0.2, 0) is 4.79 Å². The summed E-state index contributed by atoms with van der Waals surface area (Å²) in [6.07, 6.45) is 7.54. The third-order valence-electron chi connectivity index (χ3n) is 11.9. The van der Waals surface area contributed by atoms with Gasteiger partial charge in [-0.2, -0.15) is 5.26 Å². The number of ether oxygens (including phenoxy) is 2. The number of carboxylic acid groups (broad SMARTS) is 1. The van der Waals surface area contributed by atoms with Crippen molar-refractivity contribution in [2.24, 2.45) is 4.99 Å². The number of hydrogen-bond donors (Lipinski definition) is 1. The Labute approximate surface area is 381 Å². The van der Waals surface area contributed by atoms with E-state index >= 15 is 8.63 Å². The molecule has 1 N–H and O–H groups in total. The van der Waals surface area contributed by atoms with Crippen LogP contribution in [0.5, 0.6) is 11.5 Å². The van der Waals surface area contributed by atoms with Crippen molar-refractivity contribution < 1.29 is 28.0 Å². The lowest BCUT2D eigenvalue weighted by molar-refractivity contribution is -0.132. The van der Waals surface area contributed by atoms with Crippen molar-refractivity contribution in [3.8, 4) is 40.0 Å². The van der Waals surface area contributed by atoms with Gasteiger partial charge in [-0.3, -0.25) is 8.63 Å². The zero-order chi connectivity index (χ0) is 45.2. The highest BCUT2D eigenvalue weighted by atomic mass is 32.2. The number of aromatic nitrogens is 1. The maximum Gasteiger partial charge on any atom is 0.678 e. The molecule has 7 aromatic rings. The molecule has 1 aromatic heterocycles. The Morgan fingerprint density at radius 3 is 2.12 bits per heavy atom. The fourth-order valence-electron chi connectivity index (χ4n) is 8.85. The van der Waals surface area contributed by atoms with Crippen LogP contribution in [0.4, 0.5) is 20.0 Å². The number of benzene rings is 6. The molecule has 0 aliphatic carbocycles. The summed E-state index contributed by atoms with van der Waals surface area (Å²) in [7, 11) is 0.280. The molecule has 0 spiro atoms. The Balaban J connectivity index is 1.17. The maximum absolute atomic E-state index is 15.5. The number of unbranched alkanes of at least 4 members (excludes halogenated alkanes) is 3. The van der Waals surface area contributed by atoms with Crippen molar-refractivity contribution in [3.05, 3.63) is 161 Å². The predicted octanol–water partition coefficient (Wildman–Crippen LogP) is 13.3. The summed E-state index contributed by atoms with van der Waals surface area (Å²) in [6, 6.07) is 42.5. The molecule has 0 fully saturated rings. The van der Waals surface area contributed by atoms with Crippen LogP contribution >= 0.6 is 11.8 Å². The lowest BCUT2D eigenvalue weighted by Crippen LogP contribution is -2.22. The molecule has 6 aromatic carbocycles. The molecule has 0 bridgehead atoms. The van der Waals surface area contributed by atoms with Crippen molar-refractivity contribution in [3.63, 3.8) is 0 Å². The van der Waals surface area contributed by atoms with Gasteiger partial charge in [-0.1, -0.05) is 111 Å². The van der Waals surface area contributed by atoms with E-state index in [1.165, 1.54) is 13.2 Å². The predicted molar refractivity (Wildman–Crippen MR) is 259 cm³/mol. The number of carboxylic acids is 1. The molecular formula is C53H43BF2N4O4S. The number of carbonyl (C=O) groups is 1. The van der Waals surface area contributed by atoms with E-state index in [1.807, 2.05) is 91.0 Å². The van der Waals surface area contributed by atoms with Gasteiger partial charge < -0.3 is 24.0 Å². The summed E-state index contributed by atoms with van der Waals surface area (Å²) in [5.74, 6) is -0.148. The fourth-order valence-corrected chi connectivity index (χ4v) is 10.0. The van der Waals surface area contributed by atoms with E-state index in [2.05, 4.69) is 36.1 Å². The van der Waals surface area contributed by atoms with Gasteiger partial charge >= 0.3 is 13.4 Å². The van der Waals surface area contributed by atoms with Gasteiger partial charge in [0.25, 0.3) is 0 Å². The van der Waals surface area contributed by atoms with Crippen molar-refractivity contribution >= 4 is 70.8 Å². The van der Waals surface area contributed by atoms with Crippen molar-refractivity contribution in [2.75, 3.05) is 25.7 Å². The lowest BCUT2D eigenvalue weighted by Gasteiger charge is -2.33. The van der Waals surface area contributed by atoms with Crippen LogP contribution in [-0.4, -0.2) is 49.4 Å². The third kappa shape index (κ3) is 8.08. The number of rotatable bonds is 14. The van der Waals surface area contributed by atoms with Crippen LogP contribution in [0, 0.1) is 11.3 Å². The van der Waals surface area contributed by atoms with E-state index in [0.29, 0.717) is 56.2 Å². The van der Waals surface area contributed by atoms with Gasteiger partial charge in [0.2, 0.25) is 0 Å². The molecule has 0 saturated carbocycles. The van der Waals surface area contributed by atoms with Crippen LogP contribution in [0.2, 0.25) is 0 Å². The molecule has 9 rings (SSSR count). The molecular weight excluding hydrogens is 837 g/mol. The molecule has 0 unspecified atom stereocenters.